The van der Waals surface area contributed by atoms with Crippen LogP contribution in [-0.4, -0.2) is 68.3 Å². The molecule has 0 radical (unpaired) electrons. The number of benzene rings is 2. The lowest BCUT2D eigenvalue weighted by Gasteiger charge is -2.35. The minimum atomic E-state index is -3.90. The van der Waals surface area contributed by atoms with Gasteiger partial charge < -0.3 is 19.7 Å². The van der Waals surface area contributed by atoms with Gasteiger partial charge in [0, 0.05) is 31.4 Å². The SMILES string of the molecule is O=C(Nc1ccccc1)C1CCCN(C(=O)C2CCCN2S(=O)(=O)c2ccc3c(c2)OCCO3)C1. The van der Waals surface area contributed by atoms with Gasteiger partial charge in [0.15, 0.2) is 11.5 Å². The average Bonchev–Trinajstić information content (AvgIpc) is 3.40. The Bertz CT molecular complexity index is 1200. The van der Waals surface area contributed by atoms with Crippen molar-refractivity contribution in [1.29, 1.82) is 0 Å². The molecule has 2 fully saturated rings. The third-order valence-corrected chi connectivity index (χ3v) is 8.66. The highest BCUT2D eigenvalue weighted by molar-refractivity contribution is 7.89. The lowest BCUT2D eigenvalue weighted by molar-refractivity contribution is -0.137. The average molecular weight is 500 g/mol. The summed E-state index contributed by atoms with van der Waals surface area (Å²) >= 11 is 0. The van der Waals surface area contributed by atoms with E-state index in [0.717, 1.165) is 0 Å². The molecule has 2 atom stereocenters. The van der Waals surface area contributed by atoms with Crippen molar-refractivity contribution in [3.63, 3.8) is 0 Å². The third kappa shape index (κ3) is 4.85. The zero-order valence-electron chi connectivity index (χ0n) is 19.4. The largest absolute Gasteiger partial charge is 0.486 e. The van der Waals surface area contributed by atoms with Gasteiger partial charge in [0.2, 0.25) is 21.8 Å². The number of amides is 2. The number of para-hydroxylation sites is 1. The third-order valence-electron chi connectivity index (χ3n) is 6.75. The van der Waals surface area contributed by atoms with Crippen LogP contribution in [0, 0.1) is 5.92 Å². The smallest absolute Gasteiger partial charge is 0.243 e. The summed E-state index contributed by atoms with van der Waals surface area (Å²) in [6, 6.07) is 13.0. The molecule has 0 saturated carbocycles. The van der Waals surface area contributed by atoms with Crippen LogP contribution < -0.4 is 14.8 Å². The number of piperidine rings is 1. The minimum Gasteiger partial charge on any atom is -0.486 e. The molecule has 3 aliphatic rings. The van der Waals surface area contributed by atoms with Gasteiger partial charge in [0.1, 0.15) is 19.3 Å². The molecule has 2 saturated heterocycles. The number of likely N-dealkylation sites (tertiary alicyclic amines) is 1. The van der Waals surface area contributed by atoms with E-state index in [9.17, 15) is 18.0 Å². The normalized spacial score (nSPS) is 22.6. The molecule has 2 aromatic carbocycles. The first kappa shape index (κ1) is 23.6. The van der Waals surface area contributed by atoms with Gasteiger partial charge >= 0.3 is 0 Å². The number of carbonyl (C=O) groups excluding carboxylic acids is 2. The molecule has 186 valence electrons. The minimum absolute atomic E-state index is 0.0835. The molecule has 1 N–H and O–H groups in total. The van der Waals surface area contributed by atoms with Crippen LogP contribution >= 0.6 is 0 Å². The maximum Gasteiger partial charge on any atom is 0.243 e. The van der Waals surface area contributed by atoms with E-state index in [0.29, 0.717) is 62.6 Å². The van der Waals surface area contributed by atoms with Crippen LogP contribution in [0.4, 0.5) is 5.69 Å². The standard InChI is InChI=1S/C25H29N3O6S/c29-24(26-19-7-2-1-3-8-19)18-6-4-12-27(17-18)25(30)21-9-5-13-28(21)35(31,32)20-10-11-22-23(16-20)34-15-14-33-22/h1-3,7-8,10-11,16,18,21H,4-6,9,12-15,17H2,(H,26,29). The summed E-state index contributed by atoms with van der Waals surface area (Å²) in [4.78, 5) is 28.0. The number of hydrogen-bond acceptors (Lipinski definition) is 6. The molecule has 10 heteroatoms. The van der Waals surface area contributed by atoms with Gasteiger partial charge in [-0.05, 0) is 49.9 Å². The number of nitrogens with one attached hydrogen (secondary N) is 1. The highest BCUT2D eigenvalue weighted by Crippen LogP contribution is 2.35. The van der Waals surface area contributed by atoms with Crippen LogP contribution in [0.1, 0.15) is 25.7 Å². The first-order valence-corrected chi connectivity index (χ1v) is 13.4. The second-order valence-corrected chi connectivity index (χ2v) is 10.9. The molecular weight excluding hydrogens is 470 g/mol. The predicted octanol–water partition coefficient (Wildman–Crippen LogP) is 2.49. The summed E-state index contributed by atoms with van der Waals surface area (Å²) in [7, 11) is -3.90. The van der Waals surface area contributed by atoms with Crippen LogP contribution in [0.25, 0.3) is 0 Å². The first-order chi connectivity index (χ1) is 16.9. The number of ether oxygens (including phenoxy) is 2. The Morgan fingerprint density at radius 3 is 2.46 bits per heavy atom. The number of carbonyl (C=O) groups is 2. The van der Waals surface area contributed by atoms with Gasteiger partial charge in [-0.3, -0.25) is 9.59 Å². The molecule has 9 nitrogen and oxygen atoms in total. The second kappa shape index (κ2) is 9.87. The van der Waals surface area contributed by atoms with Gasteiger partial charge in [-0.15, -0.1) is 0 Å². The lowest BCUT2D eigenvalue weighted by atomic mass is 9.96. The van der Waals surface area contributed by atoms with Crippen LogP contribution in [0.15, 0.2) is 53.4 Å². The molecule has 2 amide bonds. The Balaban J connectivity index is 1.29. The predicted molar refractivity (Wildman–Crippen MR) is 129 cm³/mol. The van der Waals surface area contributed by atoms with E-state index in [4.69, 9.17) is 9.47 Å². The second-order valence-electron chi connectivity index (χ2n) is 9.06. The number of anilines is 1. The van der Waals surface area contributed by atoms with E-state index < -0.39 is 16.1 Å². The Kier molecular flexibility index (Phi) is 6.66. The molecule has 2 aromatic rings. The molecule has 35 heavy (non-hydrogen) atoms. The summed E-state index contributed by atoms with van der Waals surface area (Å²) < 4.78 is 39.3. The van der Waals surface area contributed by atoms with Crippen molar-refractivity contribution < 1.29 is 27.5 Å². The zero-order chi connectivity index (χ0) is 24.4. The lowest BCUT2D eigenvalue weighted by Crippen LogP contribution is -2.51. The van der Waals surface area contributed by atoms with Crippen molar-refractivity contribution in [3.05, 3.63) is 48.5 Å². The maximum absolute atomic E-state index is 13.5. The molecule has 0 spiro atoms. The Labute approximate surface area is 205 Å². The molecular formula is C25H29N3O6S. The summed E-state index contributed by atoms with van der Waals surface area (Å²) in [5, 5.41) is 2.91. The first-order valence-electron chi connectivity index (χ1n) is 12.0. The highest BCUT2D eigenvalue weighted by Gasteiger charge is 2.42. The van der Waals surface area contributed by atoms with Crippen LogP contribution in [0.3, 0.4) is 0 Å². The van der Waals surface area contributed by atoms with E-state index in [1.165, 1.54) is 16.4 Å². The van der Waals surface area contributed by atoms with Crippen molar-refractivity contribution in [2.45, 2.75) is 36.6 Å². The molecule has 5 rings (SSSR count). The fourth-order valence-electron chi connectivity index (χ4n) is 4.96. The Hall–Kier alpha value is -3.11. The van der Waals surface area contributed by atoms with Gasteiger partial charge in [-0.1, -0.05) is 18.2 Å². The molecule has 0 aliphatic carbocycles. The monoisotopic (exact) mass is 499 g/mol. The molecule has 0 bridgehead atoms. The van der Waals surface area contributed by atoms with Crippen LogP contribution in [0.2, 0.25) is 0 Å². The number of sulfonamides is 1. The number of fused-ring (bicyclic) bond motifs is 1. The fraction of sp³-hybridized carbons (Fsp3) is 0.440. The van der Waals surface area contributed by atoms with Crippen molar-refractivity contribution in [1.82, 2.24) is 9.21 Å². The Morgan fingerprint density at radius 1 is 0.914 bits per heavy atom. The fourth-order valence-corrected chi connectivity index (χ4v) is 6.63. The summed E-state index contributed by atoms with van der Waals surface area (Å²) in [6.45, 7) is 1.85. The van der Waals surface area contributed by atoms with Crippen molar-refractivity contribution in [3.8, 4) is 11.5 Å². The van der Waals surface area contributed by atoms with E-state index in [2.05, 4.69) is 5.32 Å². The van der Waals surface area contributed by atoms with Crippen LogP contribution in [0.5, 0.6) is 11.5 Å². The maximum atomic E-state index is 13.5. The summed E-state index contributed by atoms with van der Waals surface area (Å²) in [5.41, 5.74) is 0.716. The summed E-state index contributed by atoms with van der Waals surface area (Å²) in [5.74, 6) is 0.207. The van der Waals surface area contributed by atoms with E-state index >= 15 is 0 Å². The van der Waals surface area contributed by atoms with Gasteiger partial charge in [-0.25, -0.2) is 8.42 Å². The molecule has 2 unspecified atom stereocenters. The molecule has 3 aliphatic heterocycles. The number of nitrogens with zero attached hydrogens (tertiary/aromatic N) is 2. The Morgan fingerprint density at radius 2 is 1.66 bits per heavy atom. The van der Waals surface area contributed by atoms with Crippen molar-refractivity contribution in [2.24, 2.45) is 5.92 Å². The zero-order valence-corrected chi connectivity index (χ0v) is 20.2. The summed E-state index contributed by atoms with van der Waals surface area (Å²) in [6.07, 6.45) is 2.44. The van der Waals surface area contributed by atoms with Gasteiger partial charge in [0.25, 0.3) is 0 Å². The number of rotatable bonds is 5. The highest BCUT2D eigenvalue weighted by atomic mass is 32.2. The van der Waals surface area contributed by atoms with Crippen molar-refractivity contribution >= 4 is 27.5 Å². The van der Waals surface area contributed by atoms with E-state index in [1.54, 1.807) is 11.0 Å². The van der Waals surface area contributed by atoms with E-state index in [1.807, 2.05) is 30.3 Å². The van der Waals surface area contributed by atoms with Crippen molar-refractivity contribution in [2.75, 3.05) is 38.2 Å². The quantitative estimate of drug-likeness (QED) is 0.678. The number of hydrogen-bond donors (Lipinski definition) is 1. The molecule has 0 aromatic heterocycles. The van der Waals surface area contributed by atoms with Gasteiger partial charge in [0.05, 0.1) is 10.8 Å². The van der Waals surface area contributed by atoms with Crippen LogP contribution in [-0.2, 0) is 19.6 Å². The molecule has 3 heterocycles. The topological polar surface area (TPSA) is 105 Å². The van der Waals surface area contributed by atoms with Gasteiger partial charge in [-0.2, -0.15) is 4.31 Å². The van der Waals surface area contributed by atoms with E-state index in [-0.39, 0.29) is 35.7 Å².